The quantitative estimate of drug-likeness (QED) is 0.693. The van der Waals surface area contributed by atoms with E-state index >= 15 is 0 Å². The van der Waals surface area contributed by atoms with Crippen LogP contribution in [0.4, 0.5) is 0 Å². The van der Waals surface area contributed by atoms with Gasteiger partial charge in [0.25, 0.3) is 0 Å². The van der Waals surface area contributed by atoms with E-state index in [0.717, 1.165) is 0 Å². The van der Waals surface area contributed by atoms with Crippen molar-refractivity contribution >= 4 is 17.7 Å². The largest absolute Gasteiger partial charge is 0.481 e. The number of thioether (sulfide) groups is 1. The normalized spacial score (nSPS) is 29.1. The molecular formula is C10H15N3O3S. The molecule has 3 N–H and O–H groups in total. The fourth-order valence-corrected chi connectivity index (χ4v) is 2.95. The molecule has 1 aliphatic rings. The summed E-state index contributed by atoms with van der Waals surface area (Å²) < 4.78 is 0. The van der Waals surface area contributed by atoms with Crippen molar-refractivity contribution in [2.75, 3.05) is 5.75 Å². The van der Waals surface area contributed by atoms with Gasteiger partial charge in [-0.3, -0.25) is 9.89 Å². The van der Waals surface area contributed by atoms with Crippen molar-refractivity contribution < 1.29 is 15.0 Å². The number of aliphatic carboxylic acids is 1. The van der Waals surface area contributed by atoms with Crippen LogP contribution in [-0.2, 0) is 4.79 Å². The van der Waals surface area contributed by atoms with Crippen LogP contribution in [-0.4, -0.2) is 42.7 Å². The van der Waals surface area contributed by atoms with Crippen LogP contribution in [0.15, 0.2) is 11.5 Å². The molecule has 0 radical (unpaired) electrons. The number of nitrogens with zero attached hydrogens (tertiary/aromatic N) is 2. The van der Waals surface area contributed by atoms with Gasteiger partial charge in [-0.25, -0.2) is 4.98 Å². The lowest BCUT2D eigenvalue weighted by atomic mass is 9.80. The summed E-state index contributed by atoms with van der Waals surface area (Å²) in [6.07, 6.45) is 3.58. The van der Waals surface area contributed by atoms with Gasteiger partial charge < -0.3 is 10.2 Å². The first-order valence-electron chi connectivity index (χ1n) is 5.52. The average molecular weight is 257 g/mol. The molecule has 2 rings (SSSR count). The highest BCUT2D eigenvalue weighted by atomic mass is 32.2. The van der Waals surface area contributed by atoms with E-state index in [-0.39, 0.29) is 5.92 Å². The summed E-state index contributed by atoms with van der Waals surface area (Å²) in [6.45, 7) is 0. The summed E-state index contributed by atoms with van der Waals surface area (Å²) >= 11 is 1.42. The minimum absolute atomic E-state index is 0.300. The van der Waals surface area contributed by atoms with Gasteiger partial charge in [0.05, 0.1) is 11.5 Å². The lowest BCUT2D eigenvalue weighted by molar-refractivity contribution is -0.144. The van der Waals surface area contributed by atoms with Gasteiger partial charge in [0.1, 0.15) is 6.33 Å². The standard InChI is InChI=1S/C10H15N3O3S/c14-8(15)7-1-3-10(16,4-2-7)5-17-9-11-6-12-13-9/h6-7,16H,1-5H2,(H,14,15)(H,11,12,13). The zero-order valence-corrected chi connectivity index (χ0v) is 10.1. The van der Waals surface area contributed by atoms with Crippen LogP contribution >= 0.6 is 11.8 Å². The van der Waals surface area contributed by atoms with Crippen LogP contribution in [0.2, 0.25) is 0 Å². The SMILES string of the molecule is O=C(O)C1CCC(O)(CSc2ncn[nH]2)CC1. The van der Waals surface area contributed by atoms with Gasteiger partial charge in [-0.1, -0.05) is 11.8 Å². The third-order valence-corrected chi connectivity index (χ3v) is 4.29. The second-order valence-corrected chi connectivity index (χ2v) is 5.38. The number of carboxylic acids is 1. The number of nitrogens with one attached hydrogen (secondary N) is 1. The predicted molar refractivity (Wildman–Crippen MR) is 61.7 cm³/mol. The van der Waals surface area contributed by atoms with Gasteiger partial charge in [0.15, 0.2) is 5.16 Å². The summed E-state index contributed by atoms with van der Waals surface area (Å²) in [4.78, 5) is 14.8. The average Bonchev–Trinajstić information content (AvgIpc) is 2.80. The monoisotopic (exact) mass is 257 g/mol. The third kappa shape index (κ3) is 3.19. The highest BCUT2D eigenvalue weighted by molar-refractivity contribution is 7.99. The maximum atomic E-state index is 10.8. The van der Waals surface area contributed by atoms with E-state index in [4.69, 9.17) is 5.11 Å². The molecule has 0 atom stereocenters. The van der Waals surface area contributed by atoms with E-state index in [2.05, 4.69) is 15.2 Å². The Hall–Kier alpha value is -1.08. The lowest BCUT2D eigenvalue weighted by Gasteiger charge is -2.34. The van der Waals surface area contributed by atoms with E-state index in [1.807, 2.05) is 0 Å². The zero-order chi connectivity index (χ0) is 12.3. The van der Waals surface area contributed by atoms with Crippen LogP contribution in [0.5, 0.6) is 0 Å². The van der Waals surface area contributed by atoms with Gasteiger partial charge in [0.2, 0.25) is 0 Å². The molecule has 1 aromatic rings. The van der Waals surface area contributed by atoms with Crippen molar-refractivity contribution in [3.63, 3.8) is 0 Å². The summed E-state index contributed by atoms with van der Waals surface area (Å²) in [5, 5.41) is 26.3. The second-order valence-electron chi connectivity index (χ2n) is 4.42. The predicted octanol–water partition coefficient (Wildman–Crippen LogP) is 0.903. The fraction of sp³-hybridized carbons (Fsp3) is 0.700. The van der Waals surface area contributed by atoms with Crippen LogP contribution in [0.1, 0.15) is 25.7 Å². The molecule has 94 valence electrons. The summed E-state index contributed by atoms with van der Waals surface area (Å²) in [7, 11) is 0. The van der Waals surface area contributed by atoms with Crippen molar-refractivity contribution in [1.82, 2.24) is 15.2 Å². The topological polar surface area (TPSA) is 99.1 Å². The van der Waals surface area contributed by atoms with Gasteiger partial charge in [-0.05, 0) is 25.7 Å². The van der Waals surface area contributed by atoms with Gasteiger partial charge in [-0.2, -0.15) is 5.10 Å². The highest BCUT2D eigenvalue weighted by Gasteiger charge is 2.35. The Balaban J connectivity index is 1.83. The van der Waals surface area contributed by atoms with Crippen molar-refractivity contribution in [3.05, 3.63) is 6.33 Å². The molecule has 1 saturated carbocycles. The Morgan fingerprint density at radius 1 is 1.59 bits per heavy atom. The minimum Gasteiger partial charge on any atom is -0.481 e. The van der Waals surface area contributed by atoms with E-state index in [0.29, 0.717) is 36.6 Å². The Morgan fingerprint density at radius 2 is 2.29 bits per heavy atom. The molecular weight excluding hydrogens is 242 g/mol. The van der Waals surface area contributed by atoms with Crippen LogP contribution < -0.4 is 0 Å². The maximum Gasteiger partial charge on any atom is 0.306 e. The van der Waals surface area contributed by atoms with Crippen LogP contribution in [0, 0.1) is 5.92 Å². The number of hydrogen-bond donors (Lipinski definition) is 3. The Kier molecular flexibility index (Phi) is 3.68. The number of hydrogen-bond acceptors (Lipinski definition) is 5. The molecule has 7 heteroatoms. The molecule has 1 aromatic heterocycles. The first-order valence-corrected chi connectivity index (χ1v) is 6.51. The number of aliphatic hydroxyl groups is 1. The fourth-order valence-electron chi connectivity index (χ4n) is 2.01. The molecule has 0 bridgehead atoms. The highest BCUT2D eigenvalue weighted by Crippen LogP contribution is 2.35. The molecule has 1 aliphatic carbocycles. The van der Waals surface area contributed by atoms with Gasteiger partial charge in [-0.15, -0.1) is 0 Å². The third-order valence-electron chi connectivity index (χ3n) is 3.14. The van der Waals surface area contributed by atoms with Crippen molar-refractivity contribution in [2.45, 2.75) is 36.4 Å². The molecule has 6 nitrogen and oxygen atoms in total. The molecule has 17 heavy (non-hydrogen) atoms. The minimum atomic E-state index is -0.774. The van der Waals surface area contributed by atoms with Crippen LogP contribution in [0.25, 0.3) is 0 Å². The van der Waals surface area contributed by atoms with E-state index < -0.39 is 11.6 Å². The van der Waals surface area contributed by atoms with Crippen molar-refractivity contribution in [1.29, 1.82) is 0 Å². The number of carbonyl (C=O) groups is 1. The second kappa shape index (κ2) is 5.05. The maximum absolute atomic E-state index is 10.8. The van der Waals surface area contributed by atoms with E-state index in [9.17, 15) is 9.90 Å². The molecule has 0 aliphatic heterocycles. The molecule has 0 unspecified atom stereocenters. The number of aromatic amines is 1. The molecule has 0 saturated heterocycles. The molecule has 1 fully saturated rings. The summed E-state index contributed by atoms with van der Waals surface area (Å²) in [5.74, 6) is -0.533. The number of carboxylic acid groups (broad SMARTS) is 1. The van der Waals surface area contributed by atoms with Crippen molar-refractivity contribution in [2.24, 2.45) is 5.92 Å². The zero-order valence-electron chi connectivity index (χ0n) is 9.30. The first-order chi connectivity index (χ1) is 8.09. The summed E-state index contributed by atoms with van der Waals surface area (Å²) in [5.41, 5.74) is -0.774. The Labute approximate surface area is 103 Å². The number of aromatic nitrogens is 3. The number of H-pyrrole nitrogens is 1. The van der Waals surface area contributed by atoms with E-state index in [1.165, 1.54) is 18.1 Å². The van der Waals surface area contributed by atoms with Crippen LogP contribution in [0.3, 0.4) is 0 Å². The van der Waals surface area contributed by atoms with Crippen molar-refractivity contribution in [3.8, 4) is 0 Å². The van der Waals surface area contributed by atoms with Gasteiger partial charge in [0, 0.05) is 5.75 Å². The van der Waals surface area contributed by atoms with Gasteiger partial charge >= 0.3 is 5.97 Å². The summed E-state index contributed by atoms with van der Waals surface area (Å²) in [6, 6.07) is 0. The smallest absolute Gasteiger partial charge is 0.306 e. The molecule has 0 spiro atoms. The molecule has 0 amide bonds. The Morgan fingerprint density at radius 3 is 2.82 bits per heavy atom. The Bertz CT molecular complexity index is 374. The lowest BCUT2D eigenvalue weighted by Crippen LogP contribution is -2.38. The molecule has 1 heterocycles. The molecule has 0 aromatic carbocycles. The number of rotatable bonds is 4. The van der Waals surface area contributed by atoms with E-state index in [1.54, 1.807) is 0 Å². The first kappa shape index (κ1) is 12.4.